The number of methoxy groups -OCH3 is 2. The highest BCUT2D eigenvalue weighted by Crippen LogP contribution is 2.33. The van der Waals surface area contributed by atoms with Gasteiger partial charge in [0.2, 0.25) is 0 Å². The molecule has 6 heteroatoms. The molecule has 0 aromatic heterocycles. The molecule has 0 fully saturated rings. The van der Waals surface area contributed by atoms with E-state index in [1.54, 1.807) is 6.07 Å². The molecule has 0 heterocycles. The van der Waals surface area contributed by atoms with E-state index in [9.17, 15) is 8.42 Å². The van der Waals surface area contributed by atoms with Crippen molar-refractivity contribution in [3.05, 3.63) is 18.2 Å². The molecule has 0 radical (unpaired) electrons. The number of hydrogen-bond donors (Lipinski definition) is 0. The summed E-state index contributed by atoms with van der Waals surface area (Å²) >= 11 is 0. The Hall–Kier alpha value is -1.74. The van der Waals surface area contributed by atoms with Gasteiger partial charge >= 0.3 is 0 Å². The fourth-order valence-corrected chi connectivity index (χ4v) is 2.56. The summed E-state index contributed by atoms with van der Waals surface area (Å²) in [5, 5.41) is 8.93. The molecule has 18 heavy (non-hydrogen) atoms. The SMILES string of the molecule is COc1ccc(S(=O)(=O)C(C)(C)C#N)cc1OC. The first-order chi connectivity index (χ1) is 8.30. The van der Waals surface area contributed by atoms with Gasteiger partial charge in [-0.15, -0.1) is 0 Å². The summed E-state index contributed by atoms with van der Waals surface area (Å²) in [4.78, 5) is 0.0340. The number of hydrogen-bond acceptors (Lipinski definition) is 5. The number of rotatable bonds is 4. The second-order valence-corrected chi connectivity index (χ2v) is 6.64. The molecule has 0 atom stereocenters. The van der Waals surface area contributed by atoms with Crippen LogP contribution in [0.25, 0.3) is 0 Å². The molecule has 0 bridgehead atoms. The Morgan fingerprint density at radius 3 is 2.17 bits per heavy atom. The second kappa shape index (κ2) is 4.86. The number of benzene rings is 1. The van der Waals surface area contributed by atoms with Crippen molar-refractivity contribution in [1.29, 1.82) is 5.26 Å². The molecular formula is C12H15NO4S. The van der Waals surface area contributed by atoms with E-state index >= 15 is 0 Å². The lowest BCUT2D eigenvalue weighted by Gasteiger charge is -2.17. The van der Waals surface area contributed by atoms with Crippen LogP contribution in [0, 0.1) is 11.3 Å². The Labute approximate surface area is 107 Å². The normalized spacial score (nSPS) is 11.7. The summed E-state index contributed by atoms with van der Waals surface area (Å²) in [6, 6.07) is 6.04. The molecule has 1 aromatic carbocycles. The van der Waals surface area contributed by atoms with Crippen molar-refractivity contribution < 1.29 is 17.9 Å². The Morgan fingerprint density at radius 1 is 1.17 bits per heavy atom. The molecule has 0 spiro atoms. The lowest BCUT2D eigenvalue weighted by atomic mass is 10.2. The summed E-state index contributed by atoms with van der Waals surface area (Å²) in [5.41, 5.74) is 0. The molecule has 0 saturated heterocycles. The third-order valence-electron chi connectivity index (χ3n) is 2.61. The minimum Gasteiger partial charge on any atom is -0.493 e. The Balaban J connectivity index is 3.41. The fourth-order valence-electron chi connectivity index (χ4n) is 1.34. The largest absolute Gasteiger partial charge is 0.493 e. The van der Waals surface area contributed by atoms with Gasteiger partial charge in [0.1, 0.15) is 0 Å². The smallest absolute Gasteiger partial charge is 0.196 e. The first-order valence-corrected chi connectivity index (χ1v) is 6.66. The van der Waals surface area contributed by atoms with E-state index < -0.39 is 14.6 Å². The van der Waals surface area contributed by atoms with Crippen molar-refractivity contribution in [2.75, 3.05) is 14.2 Å². The number of nitriles is 1. The van der Waals surface area contributed by atoms with Crippen LogP contribution in [0.4, 0.5) is 0 Å². The van der Waals surface area contributed by atoms with Crippen molar-refractivity contribution in [3.63, 3.8) is 0 Å². The second-order valence-electron chi connectivity index (χ2n) is 4.14. The van der Waals surface area contributed by atoms with E-state index in [4.69, 9.17) is 14.7 Å². The fraction of sp³-hybridized carbons (Fsp3) is 0.417. The maximum absolute atomic E-state index is 12.2. The minimum atomic E-state index is -3.74. The van der Waals surface area contributed by atoms with Crippen LogP contribution in [-0.2, 0) is 9.84 Å². The Bertz CT molecular complexity index is 585. The number of nitrogens with zero attached hydrogens (tertiary/aromatic N) is 1. The average molecular weight is 269 g/mol. The van der Waals surface area contributed by atoms with Crippen LogP contribution in [0.1, 0.15) is 13.8 Å². The van der Waals surface area contributed by atoms with Crippen LogP contribution in [-0.4, -0.2) is 27.4 Å². The van der Waals surface area contributed by atoms with E-state index in [-0.39, 0.29) is 4.90 Å². The lowest BCUT2D eigenvalue weighted by molar-refractivity contribution is 0.354. The number of ether oxygens (including phenoxy) is 2. The Morgan fingerprint density at radius 2 is 1.72 bits per heavy atom. The quantitative estimate of drug-likeness (QED) is 0.832. The molecule has 98 valence electrons. The summed E-state index contributed by atoms with van der Waals surface area (Å²) in [6.07, 6.45) is 0. The lowest BCUT2D eigenvalue weighted by Crippen LogP contribution is -2.29. The van der Waals surface area contributed by atoms with Gasteiger partial charge in [-0.3, -0.25) is 0 Å². The molecule has 0 aliphatic rings. The van der Waals surface area contributed by atoms with E-state index in [0.717, 1.165) is 0 Å². The van der Waals surface area contributed by atoms with Gasteiger partial charge in [0.25, 0.3) is 0 Å². The van der Waals surface area contributed by atoms with E-state index in [1.165, 1.54) is 46.3 Å². The van der Waals surface area contributed by atoms with Gasteiger partial charge in [0, 0.05) is 6.07 Å². The maximum atomic E-state index is 12.2. The molecule has 0 saturated carbocycles. The molecule has 1 rings (SSSR count). The molecule has 1 aromatic rings. The van der Waals surface area contributed by atoms with Crippen molar-refractivity contribution >= 4 is 9.84 Å². The van der Waals surface area contributed by atoms with Gasteiger partial charge < -0.3 is 9.47 Å². The van der Waals surface area contributed by atoms with Gasteiger partial charge in [-0.2, -0.15) is 5.26 Å². The van der Waals surface area contributed by atoms with Crippen molar-refractivity contribution in [2.24, 2.45) is 0 Å². The maximum Gasteiger partial charge on any atom is 0.196 e. The van der Waals surface area contributed by atoms with Crippen LogP contribution in [0.3, 0.4) is 0 Å². The topological polar surface area (TPSA) is 76.4 Å². The first-order valence-electron chi connectivity index (χ1n) is 5.18. The molecule has 0 N–H and O–H groups in total. The van der Waals surface area contributed by atoms with Crippen molar-refractivity contribution in [2.45, 2.75) is 23.5 Å². The molecule has 0 amide bonds. The number of sulfone groups is 1. The highest BCUT2D eigenvalue weighted by Gasteiger charge is 2.36. The van der Waals surface area contributed by atoms with Crippen LogP contribution in [0.5, 0.6) is 11.5 Å². The molecule has 0 unspecified atom stereocenters. The molecule has 0 aliphatic heterocycles. The van der Waals surface area contributed by atoms with E-state index in [0.29, 0.717) is 11.5 Å². The summed E-state index contributed by atoms with van der Waals surface area (Å²) in [5.74, 6) is 0.749. The summed E-state index contributed by atoms with van der Waals surface area (Å²) in [7, 11) is -0.859. The third-order valence-corrected chi connectivity index (χ3v) is 4.92. The van der Waals surface area contributed by atoms with Gasteiger partial charge in [0.15, 0.2) is 26.1 Å². The zero-order valence-corrected chi connectivity index (χ0v) is 11.5. The minimum absolute atomic E-state index is 0.0340. The predicted octanol–water partition coefficient (Wildman–Crippen LogP) is 1.78. The molecule has 0 aliphatic carbocycles. The molecular weight excluding hydrogens is 254 g/mol. The van der Waals surface area contributed by atoms with Crippen LogP contribution in [0.15, 0.2) is 23.1 Å². The van der Waals surface area contributed by atoms with Gasteiger partial charge in [-0.05, 0) is 26.0 Å². The predicted molar refractivity (Wildman–Crippen MR) is 66.4 cm³/mol. The zero-order valence-electron chi connectivity index (χ0n) is 10.7. The highest BCUT2D eigenvalue weighted by atomic mass is 32.2. The first kappa shape index (κ1) is 14.3. The van der Waals surface area contributed by atoms with Gasteiger partial charge in [-0.25, -0.2) is 8.42 Å². The van der Waals surface area contributed by atoms with Gasteiger partial charge in [-0.1, -0.05) is 0 Å². The summed E-state index contributed by atoms with van der Waals surface area (Å²) < 4.78 is 33.1. The van der Waals surface area contributed by atoms with E-state index in [1.807, 2.05) is 0 Å². The van der Waals surface area contributed by atoms with E-state index in [2.05, 4.69) is 0 Å². The standard InChI is InChI=1S/C12H15NO4S/c1-12(2,8-13)18(14,15)9-5-6-10(16-3)11(7-9)17-4/h5-7H,1-4H3. The third kappa shape index (κ3) is 2.27. The zero-order chi connectivity index (χ0) is 14.0. The van der Waals surface area contributed by atoms with Crippen LogP contribution in [0.2, 0.25) is 0 Å². The monoisotopic (exact) mass is 269 g/mol. The molecule has 5 nitrogen and oxygen atoms in total. The summed E-state index contributed by atoms with van der Waals surface area (Å²) in [6.45, 7) is 2.72. The van der Waals surface area contributed by atoms with Crippen molar-refractivity contribution in [3.8, 4) is 17.6 Å². The highest BCUT2D eigenvalue weighted by molar-refractivity contribution is 7.93. The van der Waals surface area contributed by atoms with Crippen LogP contribution < -0.4 is 9.47 Å². The van der Waals surface area contributed by atoms with Crippen molar-refractivity contribution in [1.82, 2.24) is 0 Å². The Kier molecular flexibility index (Phi) is 3.87. The van der Waals surface area contributed by atoms with Gasteiger partial charge in [0.05, 0.1) is 25.2 Å². The average Bonchev–Trinajstić information content (AvgIpc) is 2.37. The van der Waals surface area contributed by atoms with Crippen LogP contribution >= 0.6 is 0 Å².